The number of benzene rings is 1. The van der Waals surface area contributed by atoms with Crippen LogP contribution in [-0.2, 0) is 25.5 Å². The van der Waals surface area contributed by atoms with Crippen molar-refractivity contribution in [2.45, 2.75) is 46.1 Å². The highest BCUT2D eigenvalue weighted by Gasteiger charge is 2.27. The van der Waals surface area contributed by atoms with Gasteiger partial charge in [-0.2, -0.15) is 0 Å². The monoisotopic (exact) mass is 310 g/mol. The minimum absolute atomic E-state index is 0.0953. The predicted molar refractivity (Wildman–Crippen MR) is 80.8 cm³/mol. The van der Waals surface area contributed by atoms with E-state index in [9.17, 15) is 14.0 Å². The molecule has 0 spiro atoms. The zero-order valence-electron chi connectivity index (χ0n) is 13.7. The second kappa shape index (κ2) is 7.38. The highest BCUT2D eigenvalue weighted by molar-refractivity contribution is 5.80. The van der Waals surface area contributed by atoms with Crippen LogP contribution >= 0.6 is 0 Å². The molecule has 0 bridgehead atoms. The van der Waals surface area contributed by atoms with Gasteiger partial charge in [-0.1, -0.05) is 12.1 Å². The lowest BCUT2D eigenvalue weighted by Gasteiger charge is -2.21. The fourth-order valence-corrected chi connectivity index (χ4v) is 2.07. The first-order valence-electron chi connectivity index (χ1n) is 7.17. The summed E-state index contributed by atoms with van der Waals surface area (Å²) in [5, 5.41) is 0. The van der Waals surface area contributed by atoms with Crippen molar-refractivity contribution < 1.29 is 23.5 Å². The Hall–Kier alpha value is -1.91. The summed E-state index contributed by atoms with van der Waals surface area (Å²) in [6, 6.07) is 4.78. The molecule has 0 heterocycles. The Kier molecular flexibility index (Phi) is 6.09. The summed E-state index contributed by atoms with van der Waals surface area (Å²) in [5.41, 5.74) is 0.542. The van der Waals surface area contributed by atoms with E-state index in [1.165, 1.54) is 13.2 Å². The van der Waals surface area contributed by atoms with Gasteiger partial charge in [0.05, 0.1) is 19.4 Å². The number of ether oxygens (including phenoxy) is 2. The van der Waals surface area contributed by atoms with Gasteiger partial charge in [-0.3, -0.25) is 9.59 Å². The summed E-state index contributed by atoms with van der Waals surface area (Å²) in [4.78, 5) is 23.7. The Labute approximate surface area is 130 Å². The maximum Gasteiger partial charge on any atom is 0.309 e. The highest BCUT2D eigenvalue weighted by Crippen LogP contribution is 2.20. The predicted octanol–water partition coefficient (Wildman–Crippen LogP) is 3.20. The van der Waals surface area contributed by atoms with Crippen LogP contribution in [-0.4, -0.2) is 24.6 Å². The highest BCUT2D eigenvalue weighted by atomic mass is 19.1. The van der Waals surface area contributed by atoms with Crippen LogP contribution < -0.4 is 0 Å². The minimum Gasteiger partial charge on any atom is -0.469 e. The number of hydrogen-bond donors (Lipinski definition) is 0. The van der Waals surface area contributed by atoms with Crippen molar-refractivity contribution in [2.24, 2.45) is 5.92 Å². The Morgan fingerprint density at radius 2 is 1.91 bits per heavy atom. The van der Waals surface area contributed by atoms with Gasteiger partial charge in [0.15, 0.2) is 0 Å². The molecule has 0 fully saturated rings. The fourth-order valence-electron chi connectivity index (χ4n) is 2.07. The largest absolute Gasteiger partial charge is 0.469 e. The third kappa shape index (κ3) is 5.84. The molecule has 0 aliphatic carbocycles. The van der Waals surface area contributed by atoms with Gasteiger partial charge in [0.25, 0.3) is 0 Å². The molecule has 0 saturated heterocycles. The summed E-state index contributed by atoms with van der Waals surface area (Å²) in [7, 11) is 1.25. The Morgan fingerprint density at radius 3 is 2.41 bits per heavy atom. The molecule has 4 nitrogen and oxygen atoms in total. The zero-order valence-corrected chi connectivity index (χ0v) is 13.7. The van der Waals surface area contributed by atoms with Crippen molar-refractivity contribution in [1.29, 1.82) is 0 Å². The van der Waals surface area contributed by atoms with Crippen molar-refractivity contribution in [1.82, 2.24) is 0 Å². The average molecular weight is 310 g/mol. The molecule has 1 aromatic rings. The molecule has 0 aliphatic heterocycles. The van der Waals surface area contributed by atoms with Crippen molar-refractivity contribution in [2.75, 3.05) is 7.11 Å². The molecule has 0 aliphatic rings. The van der Waals surface area contributed by atoms with E-state index in [-0.39, 0.29) is 12.8 Å². The van der Waals surface area contributed by atoms with Crippen LogP contribution in [0.2, 0.25) is 0 Å². The summed E-state index contributed by atoms with van der Waals surface area (Å²) < 4.78 is 23.8. The fraction of sp³-hybridized carbons (Fsp3) is 0.529. The molecule has 0 amide bonds. The first kappa shape index (κ1) is 18.1. The number of methoxy groups -OCH3 is 1. The van der Waals surface area contributed by atoms with E-state index in [2.05, 4.69) is 0 Å². The van der Waals surface area contributed by atoms with Crippen molar-refractivity contribution in [3.8, 4) is 0 Å². The van der Waals surface area contributed by atoms with E-state index >= 15 is 0 Å². The Balaban J connectivity index is 2.85. The van der Waals surface area contributed by atoms with Crippen LogP contribution in [0.1, 0.15) is 38.3 Å². The molecule has 22 heavy (non-hydrogen) atoms. The minimum atomic E-state index is -0.767. The van der Waals surface area contributed by atoms with Gasteiger partial charge in [-0.05, 0) is 51.3 Å². The molecule has 122 valence electrons. The number of hydrogen-bond acceptors (Lipinski definition) is 4. The number of esters is 2. The average Bonchev–Trinajstić information content (AvgIpc) is 2.37. The SMILES string of the molecule is COC(=O)[C@@H](CC(=O)OC(C)(C)C)Cc1ccc(C)cc1F. The lowest BCUT2D eigenvalue weighted by molar-refractivity contribution is -0.160. The van der Waals surface area contributed by atoms with Crippen LogP contribution in [0.25, 0.3) is 0 Å². The summed E-state index contributed by atoms with van der Waals surface area (Å²) in [6.07, 6.45) is -0.0463. The third-order valence-corrected chi connectivity index (χ3v) is 3.04. The number of carbonyl (C=O) groups excluding carboxylic acids is 2. The van der Waals surface area contributed by atoms with E-state index < -0.39 is 29.3 Å². The molecule has 0 unspecified atom stereocenters. The van der Waals surface area contributed by atoms with Gasteiger partial charge in [-0.25, -0.2) is 4.39 Å². The molecular formula is C17H23FO4. The molecule has 0 radical (unpaired) electrons. The number of carbonyl (C=O) groups is 2. The Morgan fingerprint density at radius 1 is 1.27 bits per heavy atom. The summed E-state index contributed by atoms with van der Waals surface area (Å²) in [5.74, 6) is -2.21. The van der Waals surface area contributed by atoms with Gasteiger partial charge in [0.2, 0.25) is 0 Å². The van der Waals surface area contributed by atoms with Crippen molar-refractivity contribution >= 4 is 11.9 Å². The first-order valence-corrected chi connectivity index (χ1v) is 7.17. The standard InChI is InChI=1S/C17H23FO4/c1-11-6-7-12(14(18)8-11)9-13(16(20)21-5)10-15(19)22-17(2,3)4/h6-8,13H,9-10H2,1-5H3/t13-/m1/s1. The maximum atomic E-state index is 13.9. The lowest BCUT2D eigenvalue weighted by Crippen LogP contribution is -2.28. The quantitative estimate of drug-likeness (QED) is 0.784. The molecule has 0 saturated carbocycles. The molecular weight excluding hydrogens is 287 g/mol. The van der Waals surface area contributed by atoms with E-state index in [0.717, 1.165) is 5.56 Å². The van der Waals surface area contributed by atoms with Gasteiger partial charge in [-0.15, -0.1) is 0 Å². The summed E-state index contributed by atoms with van der Waals surface area (Å²) >= 11 is 0. The molecule has 5 heteroatoms. The normalized spacial score (nSPS) is 12.6. The maximum absolute atomic E-state index is 13.9. The second-order valence-electron chi connectivity index (χ2n) is 6.31. The number of halogens is 1. The second-order valence-corrected chi connectivity index (χ2v) is 6.31. The van der Waals surface area contributed by atoms with Crippen LogP contribution in [0.3, 0.4) is 0 Å². The van der Waals surface area contributed by atoms with Crippen molar-refractivity contribution in [3.63, 3.8) is 0 Å². The smallest absolute Gasteiger partial charge is 0.309 e. The van der Waals surface area contributed by atoms with Crippen molar-refractivity contribution in [3.05, 3.63) is 35.1 Å². The number of aryl methyl sites for hydroxylation is 1. The van der Waals surface area contributed by atoms with Gasteiger partial charge in [0, 0.05) is 0 Å². The van der Waals surface area contributed by atoms with Crippen LogP contribution in [0.4, 0.5) is 4.39 Å². The zero-order chi connectivity index (χ0) is 16.9. The van der Waals surface area contributed by atoms with E-state index in [1.807, 2.05) is 0 Å². The van der Waals surface area contributed by atoms with E-state index in [4.69, 9.17) is 9.47 Å². The third-order valence-electron chi connectivity index (χ3n) is 3.04. The van der Waals surface area contributed by atoms with Crippen LogP contribution in [0, 0.1) is 18.7 Å². The molecule has 0 N–H and O–H groups in total. The first-order chi connectivity index (χ1) is 10.1. The number of rotatable bonds is 5. The molecule has 1 aromatic carbocycles. The molecule has 1 rings (SSSR count). The lowest BCUT2D eigenvalue weighted by atomic mass is 9.95. The molecule has 0 aromatic heterocycles. The summed E-state index contributed by atoms with van der Waals surface area (Å²) in [6.45, 7) is 7.03. The van der Waals surface area contributed by atoms with Gasteiger partial charge in [0.1, 0.15) is 11.4 Å². The van der Waals surface area contributed by atoms with E-state index in [0.29, 0.717) is 5.56 Å². The van der Waals surface area contributed by atoms with Gasteiger partial charge < -0.3 is 9.47 Å². The van der Waals surface area contributed by atoms with Gasteiger partial charge >= 0.3 is 11.9 Å². The van der Waals surface area contributed by atoms with Crippen LogP contribution in [0.15, 0.2) is 18.2 Å². The topological polar surface area (TPSA) is 52.6 Å². The van der Waals surface area contributed by atoms with Crippen LogP contribution in [0.5, 0.6) is 0 Å². The molecule has 1 atom stereocenters. The van der Waals surface area contributed by atoms with E-state index in [1.54, 1.807) is 39.8 Å². The Bertz CT molecular complexity index is 546.